The van der Waals surface area contributed by atoms with Crippen LogP contribution in [-0.4, -0.2) is 26.6 Å². The lowest BCUT2D eigenvalue weighted by atomic mass is 10.2. The van der Waals surface area contributed by atoms with Crippen LogP contribution in [0.4, 0.5) is 10.1 Å². The molecule has 5 heteroatoms. The molecule has 1 N–H and O–H groups in total. The Morgan fingerprint density at radius 1 is 1.31 bits per heavy atom. The van der Waals surface area contributed by atoms with E-state index >= 15 is 0 Å². The molecule has 16 heavy (non-hydrogen) atoms. The van der Waals surface area contributed by atoms with E-state index in [2.05, 4.69) is 21.2 Å². The smallest absolute Gasteiger partial charge is 0.176 e. The van der Waals surface area contributed by atoms with Gasteiger partial charge in [-0.05, 0) is 41.1 Å². The number of ether oxygens (including phenoxy) is 2. The van der Waals surface area contributed by atoms with Gasteiger partial charge < -0.3 is 14.8 Å². The Bertz CT molecular complexity index is 345. The minimum absolute atomic E-state index is 0.0447. The summed E-state index contributed by atoms with van der Waals surface area (Å²) in [5.41, 5.74) is 0.799. The van der Waals surface area contributed by atoms with E-state index in [1.54, 1.807) is 20.3 Å². The van der Waals surface area contributed by atoms with E-state index in [-0.39, 0.29) is 18.1 Å². The lowest BCUT2D eigenvalue weighted by Gasteiger charge is -2.23. The molecule has 0 spiro atoms. The van der Waals surface area contributed by atoms with Crippen LogP contribution in [0.25, 0.3) is 0 Å². The average molecular weight is 292 g/mol. The Labute approximate surface area is 103 Å². The fraction of sp³-hybridized carbons (Fsp3) is 0.455. The first-order valence-electron chi connectivity index (χ1n) is 4.85. The van der Waals surface area contributed by atoms with E-state index < -0.39 is 0 Å². The Hall–Kier alpha value is -0.650. The zero-order valence-corrected chi connectivity index (χ0v) is 11.0. The average Bonchev–Trinajstić information content (AvgIpc) is 2.24. The van der Waals surface area contributed by atoms with Crippen LogP contribution in [0.2, 0.25) is 0 Å². The van der Waals surface area contributed by atoms with Gasteiger partial charge in [-0.3, -0.25) is 0 Å². The second-order valence-corrected chi connectivity index (χ2v) is 4.25. The molecule has 3 nitrogen and oxygen atoms in total. The summed E-state index contributed by atoms with van der Waals surface area (Å²) in [7, 11) is 3.15. The summed E-state index contributed by atoms with van der Waals surface area (Å²) < 4.78 is 23.8. The summed E-state index contributed by atoms with van der Waals surface area (Å²) >= 11 is 3.28. The highest BCUT2D eigenvalue weighted by Crippen LogP contribution is 2.24. The van der Waals surface area contributed by atoms with Gasteiger partial charge in [0.05, 0.1) is 6.04 Å². The summed E-state index contributed by atoms with van der Waals surface area (Å²) in [5.74, 6) is -0.278. The van der Waals surface area contributed by atoms with Crippen LogP contribution < -0.4 is 5.32 Å². The molecule has 0 aliphatic carbocycles. The predicted octanol–water partition coefficient (Wildman–Crippen LogP) is 3.01. The summed E-state index contributed by atoms with van der Waals surface area (Å²) in [6, 6.07) is 4.42. The third-order valence-corrected chi connectivity index (χ3v) is 2.84. The molecule has 1 unspecified atom stereocenters. The molecular formula is C11H15BrFNO2. The largest absolute Gasteiger partial charge is 0.377 e. The highest BCUT2D eigenvalue weighted by molar-refractivity contribution is 9.10. The summed E-state index contributed by atoms with van der Waals surface area (Å²) in [6.45, 7) is 1.92. The zero-order chi connectivity index (χ0) is 12.1. The number of benzene rings is 1. The fourth-order valence-corrected chi connectivity index (χ4v) is 1.89. The predicted molar refractivity (Wildman–Crippen MR) is 65.0 cm³/mol. The Morgan fingerprint density at radius 2 is 1.94 bits per heavy atom. The van der Waals surface area contributed by atoms with Crippen LogP contribution >= 0.6 is 15.9 Å². The standard InChI is InChI=1S/C11H15BrFNO2/c1-7(11(15-2)16-3)14-10-5-4-8(13)6-9(10)12/h4-7,11,14H,1-3H3. The second kappa shape index (κ2) is 6.18. The SMILES string of the molecule is COC(OC)C(C)Nc1ccc(F)cc1Br. The fourth-order valence-electron chi connectivity index (χ4n) is 1.42. The maximum atomic E-state index is 12.9. The number of methoxy groups -OCH3 is 2. The van der Waals surface area contributed by atoms with Crippen LogP contribution in [0.3, 0.4) is 0 Å². The van der Waals surface area contributed by atoms with Crippen molar-refractivity contribution in [1.82, 2.24) is 0 Å². The Kier molecular flexibility index (Phi) is 5.18. The van der Waals surface area contributed by atoms with Crippen molar-refractivity contribution in [2.45, 2.75) is 19.3 Å². The molecule has 1 aromatic rings. The molecule has 0 aromatic heterocycles. The first-order valence-corrected chi connectivity index (χ1v) is 5.65. The minimum atomic E-state index is -0.350. The molecule has 0 aliphatic heterocycles. The third kappa shape index (κ3) is 3.43. The number of hydrogen-bond donors (Lipinski definition) is 1. The normalized spacial score (nSPS) is 12.9. The molecule has 0 aliphatic rings. The van der Waals surface area contributed by atoms with Crippen LogP contribution in [0.1, 0.15) is 6.92 Å². The highest BCUT2D eigenvalue weighted by atomic mass is 79.9. The maximum absolute atomic E-state index is 12.9. The van der Waals surface area contributed by atoms with Gasteiger partial charge in [-0.2, -0.15) is 0 Å². The zero-order valence-electron chi connectivity index (χ0n) is 9.46. The molecule has 0 amide bonds. The van der Waals surface area contributed by atoms with Crippen molar-refractivity contribution >= 4 is 21.6 Å². The van der Waals surface area contributed by atoms with E-state index in [1.807, 2.05) is 6.92 Å². The van der Waals surface area contributed by atoms with Gasteiger partial charge in [0.2, 0.25) is 0 Å². The molecule has 0 bridgehead atoms. The van der Waals surface area contributed by atoms with Gasteiger partial charge in [0.25, 0.3) is 0 Å². The molecule has 1 rings (SSSR count). The van der Waals surface area contributed by atoms with Gasteiger partial charge in [-0.25, -0.2) is 4.39 Å². The van der Waals surface area contributed by atoms with Crippen LogP contribution in [-0.2, 0) is 9.47 Å². The first kappa shape index (κ1) is 13.4. The summed E-state index contributed by atoms with van der Waals surface area (Å²) in [4.78, 5) is 0. The third-order valence-electron chi connectivity index (χ3n) is 2.19. The van der Waals surface area contributed by atoms with E-state index in [0.29, 0.717) is 4.47 Å². The van der Waals surface area contributed by atoms with E-state index in [0.717, 1.165) is 5.69 Å². The molecule has 0 saturated heterocycles. The lowest BCUT2D eigenvalue weighted by molar-refractivity contribution is -0.109. The molecule has 90 valence electrons. The first-order chi connectivity index (χ1) is 7.58. The van der Waals surface area contributed by atoms with Gasteiger partial charge in [-0.1, -0.05) is 0 Å². The summed E-state index contributed by atoms with van der Waals surface area (Å²) in [6.07, 6.45) is -0.350. The van der Waals surface area contributed by atoms with Crippen LogP contribution in [0, 0.1) is 5.82 Å². The van der Waals surface area contributed by atoms with Crippen molar-refractivity contribution in [3.05, 3.63) is 28.5 Å². The molecule has 0 fully saturated rings. The van der Waals surface area contributed by atoms with Crippen LogP contribution in [0.15, 0.2) is 22.7 Å². The van der Waals surface area contributed by atoms with Crippen molar-refractivity contribution in [2.75, 3.05) is 19.5 Å². The van der Waals surface area contributed by atoms with E-state index in [1.165, 1.54) is 12.1 Å². The Morgan fingerprint density at radius 3 is 2.44 bits per heavy atom. The van der Waals surface area contributed by atoms with Gasteiger partial charge >= 0.3 is 0 Å². The molecule has 0 radical (unpaired) electrons. The van der Waals surface area contributed by atoms with Crippen molar-refractivity contribution < 1.29 is 13.9 Å². The van der Waals surface area contributed by atoms with Gasteiger partial charge in [0.15, 0.2) is 6.29 Å². The van der Waals surface area contributed by atoms with Gasteiger partial charge in [0, 0.05) is 24.4 Å². The minimum Gasteiger partial charge on any atom is -0.377 e. The second-order valence-electron chi connectivity index (χ2n) is 3.40. The molecule has 1 atom stereocenters. The van der Waals surface area contributed by atoms with Crippen molar-refractivity contribution in [2.24, 2.45) is 0 Å². The number of halogens is 2. The van der Waals surface area contributed by atoms with Crippen molar-refractivity contribution in [3.8, 4) is 0 Å². The number of rotatable bonds is 5. The number of hydrogen-bond acceptors (Lipinski definition) is 3. The highest BCUT2D eigenvalue weighted by Gasteiger charge is 2.16. The number of nitrogens with one attached hydrogen (secondary N) is 1. The van der Waals surface area contributed by atoms with Gasteiger partial charge in [0.1, 0.15) is 5.82 Å². The Balaban J connectivity index is 2.72. The summed E-state index contributed by atoms with van der Waals surface area (Å²) in [5, 5.41) is 3.18. The van der Waals surface area contributed by atoms with E-state index in [4.69, 9.17) is 9.47 Å². The monoisotopic (exact) mass is 291 g/mol. The van der Waals surface area contributed by atoms with E-state index in [9.17, 15) is 4.39 Å². The molecule has 1 aromatic carbocycles. The lowest BCUT2D eigenvalue weighted by Crippen LogP contribution is -2.33. The quantitative estimate of drug-likeness (QED) is 0.846. The number of anilines is 1. The topological polar surface area (TPSA) is 30.5 Å². The van der Waals surface area contributed by atoms with Gasteiger partial charge in [-0.15, -0.1) is 0 Å². The maximum Gasteiger partial charge on any atom is 0.176 e. The van der Waals surface area contributed by atoms with Crippen molar-refractivity contribution in [1.29, 1.82) is 0 Å². The molecular weight excluding hydrogens is 277 g/mol. The van der Waals surface area contributed by atoms with Crippen molar-refractivity contribution in [3.63, 3.8) is 0 Å². The molecule has 0 heterocycles. The molecule has 0 saturated carbocycles. The van der Waals surface area contributed by atoms with Crippen LogP contribution in [0.5, 0.6) is 0 Å².